The van der Waals surface area contributed by atoms with Crippen molar-refractivity contribution in [3.63, 3.8) is 0 Å². The molecule has 0 aromatic rings. The van der Waals surface area contributed by atoms with Crippen molar-refractivity contribution in [1.29, 1.82) is 0 Å². The molecule has 1 nitrogen and oxygen atoms in total. The molecule has 0 radical (unpaired) electrons. The van der Waals surface area contributed by atoms with Crippen LogP contribution in [0.15, 0.2) is 0 Å². The normalized spacial score (nSPS) is 0. The van der Waals surface area contributed by atoms with Crippen LogP contribution in [0.4, 0.5) is 0 Å². The van der Waals surface area contributed by atoms with Gasteiger partial charge >= 0.3 is 0 Å². The summed E-state index contributed by atoms with van der Waals surface area (Å²) in [6.45, 7) is 0. The molecule has 3 N–H and O–H groups in total. The van der Waals surface area contributed by atoms with Crippen LogP contribution >= 0.6 is 17.0 Å². The molecule has 0 aromatic carbocycles. The summed E-state index contributed by atoms with van der Waals surface area (Å²) in [5.74, 6) is 0. The van der Waals surface area contributed by atoms with E-state index >= 15 is 0 Å². The van der Waals surface area contributed by atoms with Crippen molar-refractivity contribution in [1.82, 2.24) is 6.15 Å². The average molecular weight is 206 g/mol. The summed E-state index contributed by atoms with van der Waals surface area (Å²) in [7, 11) is 0. The third kappa shape index (κ3) is 9.74. The molecule has 0 fully saturated rings. The van der Waals surface area contributed by atoms with Crippen LogP contribution in [-0.4, -0.2) is 0 Å². The van der Waals surface area contributed by atoms with Gasteiger partial charge in [-0.25, -0.2) is 0 Å². The standard InChI is InChI=1S/BrH.Cr.Fe.H3N/h1H;;;1H3. The molecule has 0 spiro atoms. The summed E-state index contributed by atoms with van der Waals surface area (Å²) < 4.78 is 0. The predicted octanol–water partition coefficient (Wildman–Crippen LogP) is 0.735. The summed E-state index contributed by atoms with van der Waals surface area (Å²) in [5, 5.41) is 0. The molecule has 4 heteroatoms. The Morgan fingerprint density at radius 1 is 1.00 bits per heavy atom. The van der Waals surface area contributed by atoms with Crippen LogP contribution in [0.2, 0.25) is 0 Å². The van der Waals surface area contributed by atoms with E-state index in [1.54, 1.807) is 0 Å². The summed E-state index contributed by atoms with van der Waals surface area (Å²) in [6, 6.07) is 0. The van der Waals surface area contributed by atoms with Gasteiger partial charge in [0.05, 0.1) is 0 Å². The maximum atomic E-state index is 0. The van der Waals surface area contributed by atoms with E-state index < -0.39 is 0 Å². The van der Waals surface area contributed by atoms with Crippen LogP contribution < -0.4 is 6.15 Å². The van der Waals surface area contributed by atoms with Gasteiger partial charge < -0.3 is 6.15 Å². The van der Waals surface area contributed by atoms with E-state index in [0.717, 1.165) is 0 Å². The molecule has 0 bridgehead atoms. The third-order valence-corrected chi connectivity index (χ3v) is 0. The Balaban J connectivity index is 0. The SMILES string of the molecule is Br.N.[Cr].[Fe]. The van der Waals surface area contributed by atoms with Crippen LogP contribution in [0.1, 0.15) is 0 Å². The molecule has 0 aliphatic rings. The van der Waals surface area contributed by atoms with Gasteiger partial charge in [0.15, 0.2) is 0 Å². The first-order chi connectivity index (χ1) is 0. The molecule has 4 heavy (non-hydrogen) atoms. The zero-order valence-corrected chi connectivity index (χ0v) is 5.97. The third-order valence-electron chi connectivity index (χ3n) is 0. The van der Waals surface area contributed by atoms with Crippen molar-refractivity contribution in [2.75, 3.05) is 0 Å². The van der Waals surface area contributed by atoms with Crippen LogP contribution in [0.3, 0.4) is 0 Å². The van der Waals surface area contributed by atoms with Crippen molar-refractivity contribution in [3.05, 3.63) is 0 Å². The van der Waals surface area contributed by atoms with Crippen molar-refractivity contribution >= 4 is 17.0 Å². The molecule has 0 rings (SSSR count). The zero-order valence-electron chi connectivity index (χ0n) is 1.88. The quantitative estimate of drug-likeness (QED) is 0.582. The number of hydrogen-bond acceptors (Lipinski definition) is 1. The fourth-order valence-corrected chi connectivity index (χ4v) is 0. The Kier molecular flexibility index (Phi) is 306. The predicted molar refractivity (Wildman–Crippen MR) is 15.3 cm³/mol. The van der Waals surface area contributed by atoms with Crippen molar-refractivity contribution in [2.45, 2.75) is 0 Å². The summed E-state index contributed by atoms with van der Waals surface area (Å²) >= 11 is 0. The Bertz CT molecular complexity index is 8.00. The van der Waals surface area contributed by atoms with E-state index in [1.165, 1.54) is 0 Å². The molecule has 0 saturated carbocycles. The number of rotatable bonds is 0. The van der Waals surface area contributed by atoms with Gasteiger partial charge in [-0.05, 0) is 0 Å². The number of halogens is 1. The Hall–Kier alpha value is 1.49. The van der Waals surface area contributed by atoms with Crippen LogP contribution in [-0.2, 0) is 34.4 Å². The van der Waals surface area contributed by atoms with Gasteiger partial charge in [0, 0.05) is 34.4 Å². The Labute approximate surface area is 57.5 Å². The average Bonchev–Trinajstić information content (AvgIpc) is 0. The second kappa shape index (κ2) is 24.6. The molecule has 30 valence electrons. The second-order valence-corrected chi connectivity index (χ2v) is 0. The van der Waals surface area contributed by atoms with Gasteiger partial charge in [-0.3, -0.25) is 0 Å². The summed E-state index contributed by atoms with van der Waals surface area (Å²) in [5.41, 5.74) is 0. The van der Waals surface area contributed by atoms with Crippen LogP contribution in [0.5, 0.6) is 0 Å². The molecule has 0 heterocycles. The first-order valence-electron chi connectivity index (χ1n) is 0. The van der Waals surface area contributed by atoms with Crippen molar-refractivity contribution < 1.29 is 34.4 Å². The molecular formula is H4BrCrFeN. The van der Waals surface area contributed by atoms with E-state index in [2.05, 4.69) is 0 Å². The van der Waals surface area contributed by atoms with Gasteiger partial charge in [-0.1, -0.05) is 0 Å². The molecule has 0 saturated heterocycles. The van der Waals surface area contributed by atoms with Crippen molar-refractivity contribution in [2.24, 2.45) is 0 Å². The molecule has 0 amide bonds. The van der Waals surface area contributed by atoms with Gasteiger partial charge in [-0.2, -0.15) is 0 Å². The minimum Gasteiger partial charge on any atom is -0.344 e. The number of hydrogen-bond donors (Lipinski definition) is 1. The fraction of sp³-hybridized carbons (Fsp3) is 0. The molecule has 0 aliphatic carbocycles. The first kappa shape index (κ1) is 49.8. The largest absolute Gasteiger partial charge is 0.344 e. The minimum atomic E-state index is 0. The molecule has 0 unspecified atom stereocenters. The van der Waals surface area contributed by atoms with Crippen LogP contribution in [0, 0.1) is 0 Å². The molecule has 0 atom stereocenters. The van der Waals surface area contributed by atoms with E-state index in [9.17, 15) is 0 Å². The maximum absolute atomic E-state index is 0. The zero-order chi connectivity index (χ0) is 0. The van der Waals surface area contributed by atoms with E-state index in [0.29, 0.717) is 0 Å². The van der Waals surface area contributed by atoms with Gasteiger partial charge in [0.1, 0.15) is 0 Å². The van der Waals surface area contributed by atoms with Gasteiger partial charge in [-0.15, -0.1) is 17.0 Å². The maximum Gasteiger partial charge on any atom is 0 e. The Morgan fingerprint density at radius 2 is 1.00 bits per heavy atom. The summed E-state index contributed by atoms with van der Waals surface area (Å²) in [6.07, 6.45) is 0. The van der Waals surface area contributed by atoms with Gasteiger partial charge in [0.25, 0.3) is 0 Å². The topological polar surface area (TPSA) is 35.0 Å². The second-order valence-electron chi connectivity index (χ2n) is 0. The summed E-state index contributed by atoms with van der Waals surface area (Å²) in [4.78, 5) is 0. The fourth-order valence-electron chi connectivity index (χ4n) is 0. The minimum absolute atomic E-state index is 0. The first-order valence-corrected chi connectivity index (χ1v) is 0. The smallest absolute Gasteiger partial charge is 0 e. The van der Waals surface area contributed by atoms with E-state index in [-0.39, 0.29) is 57.6 Å². The van der Waals surface area contributed by atoms with Crippen molar-refractivity contribution in [3.8, 4) is 0 Å². The van der Waals surface area contributed by atoms with E-state index in [4.69, 9.17) is 0 Å². The molecule has 0 aromatic heterocycles. The monoisotopic (exact) mass is 205 g/mol. The molecule has 0 aliphatic heterocycles. The Morgan fingerprint density at radius 3 is 1.00 bits per heavy atom. The van der Waals surface area contributed by atoms with Gasteiger partial charge in [0.2, 0.25) is 0 Å². The van der Waals surface area contributed by atoms with E-state index in [1.807, 2.05) is 0 Å². The molecular weight excluding hydrogens is 202 g/mol. The van der Waals surface area contributed by atoms with Crippen LogP contribution in [0.25, 0.3) is 0 Å².